The minimum atomic E-state index is -1.63. The van der Waals surface area contributed by atoms with Crippen molar-refractivity contribution in [3.8, 4) is 11.5 Å². The molecule has 0 heterocycles. The fourth-order valence-electron chi connectivity index (χ4n) is 4.88. The van der Waals surface area contributed by atoms with Crippen molar-refractivity contribution in [2.45, 2.75) is 51.4 Å². The van der Waals surface area contributed by atoms with Gasteiger partial charge in [0.25, 0.3) is 0 Å². The molecule has 2 aliphatic carbocycles. The summed E-state index contributed by atoms with van der Waals surface area (Å²) in [6.07, 6.45) is 7.71. The summed E-state index contributed by atoms with van der Waals surface area (Å²) in [5, 5.41) is -1.42. The summed E-state index contributed by atoms with van der Waals surface area (Å²) < 4.78 is 21.0. The molecule has 0 unspecified atom stereocenters. The lowest BCUT2D eigenvalue weighted by molar-refractivity contribution is -0.156. The molecule has 2 aromatic carbocycles. The minimum Gasteiger partial charge on any atom is -0.462 e. The van der Waals surface area contributed by atoms with Crippen LogP contribution in [0.2, 0.25) is 30.1 Å². The molecule has 0 spiro atoms. The van der Waals surface area contributed by atoms with Crippen molar-refractivity contribution in [3.63, 3.8) is 0 Å². The second-order valence-corrected chi connectivity index (χ2v) is 12.4. The van der Waals surface area contributed by atoms with Gasteiger partial charge in [-0.2, -0.15) is 0 Å². The van der Waals surface area contributed by atoms with E-state index in [0.29, 0.717) is 0 Å². The van der Waals surface area contributed by atoms with Crippen LogP contribution in [0.1, 0.15) is 72.1 Å². The largest absolute Gasteiger partial charge is 0.462 e. The van der Waals surface area contributed by atoms with Crippen LogP contribution in [0, 0.1) is 11.8 Å². The number of halogens is 6. The summed E-state index contributed by atoms with van der Waals surface area (Å²) in [7, 11) is 0. The van der Waals surface area contributed by atoms with Gasteiger partial charge in [0.2, 0.25) is 0 Å². The highest BCUT2D eigenvalue weighted by Gasteiger charge is 2.32. The Labute approximate surface area is 271 Å². The molecule has 0 N–H and O–H groups in total. The Hall–Kier alpha value is -1.94. The van der Waals surface area contributed by atoms with Gasteiger partial charge in [0.15, 0.2) is 11.5 Å². The predicted molar refractivity (Wildman–Crippen MR) is 159 cm³/mol. The average molecular weight is 701 g/mol. The van der Waals surface area contributed by atoms with E-state index in [0.717, 1.165) is 63.5 Å². The number of rotatable bonds is 8. The third kappa shape index (κ3) is 7.76. The van der Waals surface area contributed by atoms with Crippen molar-refractivity contribution in [3.05, 3.63) is 53.4 Å². The van der Waals surface area contributed by atoms with Gasteiger partial charge in [-0.3, -0.25) is 0 Å². The topological polar surface area (TPSA) is 105 Å². The second kappa shape index (κ2) is 14.7. The highest BCUT2D eigenvalue weighted by molar-refractivity contribution is 6.47. The Morgan fingerprint density at radius 3 is 1.24 bits per heavy atom. The first kappa shape index (κ1) is 33.0. The van der Waals surface area contributed by atoms with E-state index in [1.165, 1.54) is 0 Å². The number of hydrogen-bond donors (Lipinski definition) is 0. The number of esters is 4. The molecule has 0 bridgehead atoms. The number of carbonyl (C=O) groups excluding carboxylic acids is 4. The molecule has 2 fully saturated rings. The lowest BCUT2D eigenvalue weighted by Gasteiger charge is -2.16. The van der Waals surface area contributed by atoms with Gasteiger partial charge >= 0.3 is 23.9 Å². The SMILES string of the molecule is O=C(Oc1c(Cl)cc(Cl)c(Cl)c1C(=O)OCC1CCCC1)C(=O)Oc1c(Cl)cc(Cl)c(Cl)c1C(=O)OCC1CCCC1. The maximum atomic E-state index is 13.0. The molecule has 42 heavy (non-hydrogen) atoms. The predicted octanol–water partition coefficient (Wildman–Crippen LogP) is 8.81. The Balaban J connectivity index is 1.54. The van der Waals surface area contributed by atoms with E-state index in [9.17, 15) is 19.2 Å². The summed E-state index contributed by atoms with van der Waals surface area (Å²) in [5.74, 6) is -5.95. The van der Waals surface area contributed by atoms with E-state index in [1.807, 2.05) is 0 Å². The quantitative estimate of drug-likeness (QED) is 0.116. The van der Waals surface area contributed by atoms with Gasteiger partial charge < -0.3 is 18.9 Å². The van der Waals surface area contributed by atoms with E-state index >= 15 is 0 Å². The molecule has 0 radical (unpaired) electrons. The first-order chi connectivity index (χ1) is 20.0. The highest BCUT2D eigenvalue weighted by Crippen LogP contribution is 2.42. The van der Waals surface area contributed by atoms with Crippen molar-refractivity contribution >= 4 is 93.5 Å². The maximum absolute atomic E-state index is 13.0. The van der Waals surface area contributed by atoms with Crippen LogP contribution in [0.3, 0.4) is 0 Å². The molecule has 226 valence electrons. The smallest absolute Gasteiger partial charge is 0.423 e. The van der Waals surface area contributed by atoms with Crippen molar-refractivity contribution in [2.24, 2.45) is 11.8 Å². The molecular formula is C28H24Cl6O8. The summed E-state index contributed by atoms with van der Waals surface area (Å²) in [4.78, 5) is 51.6. The first-order valence-electron chi connectivity index (χ1n) is 13.1. The number of benzene rings is 2. The van der Waals surface area contributed by atoms with Crippen LogP contribution in [-0.2, 0) is 19.1 Å². The molecule has 4 rings (SSSR count). The molecule has 2 saturated carbocycles. The number of ether oxygens (including phenoxy) is 4. The Kier molecular flexibility index (Phi) is 11.5. The third-order valence-electron chi connectivity index (χ3n) is 7.07. The zero-order valence-corrected chi connectivity index (χ0v) is 26.4. The van der Waals surface area contributed by atoms with Gasteiger partial charge in [0, 0.05) is 0 Å². The Morgan fingerprint density at radius 2 is 0.905 bits per heavy atom. The molecule has 0 atom stereocenters. The minimum absolute atomic E-state index is 0.111. The van der Waals surface area contributed by atoms with Crippen molar-refractivity contribution in [2.75, 3.05) is 13.2 Å². The van der Waals surface area contributed by atoms with E-state index in [-0.39, 0.29) is 55.2 Å². The second-order valence-electron chi connectivity index (χ2n) is 9.99. The van der Waals surface area contributed by atoms with Gasteiger partial charge in [-0.15, -0.1) is 0 Å². The number of carbonyl (C=O) groups is 4. The van der Waals surface area contributed by atoms with Gasteiger partial charge in [-0.1, -0.05) is 95.3 Å². The van der Waals surface area contributed by atoms with E-state index in [2.05, 4.69) is 0 Å². The molecule has 0 aromatic heterocycles. The highest BCUT2D eigenvalue weighted by atomic mass is 35.5. The van der Waals surface area contributed by atoms with Crippen LogP contribution in [-0.4, -0.2) is 37.1 Å². The lowest BCUT2D eigenvalue weighted by atomic mass is 10.1. The van der Waals surface area contributed by atoms with Crippen LogP contribution < -0.4 is 9.47 Å². The number of hydrogen-bond acceptors (Lipinski definition) is 8. The van der Waals surface area contributed by atoms with Gasteiger partial charge in [0.05, 0.1) is 43.3 Å². The zero-order chi connectivity index (χ0) is 30.6. The molecule has 0 amide bonds. The summed E-state index contributed by atoms with van der Waals surface area (Å²) in [5.41, 5.74) is -0.894. The maximum Gasteiger partial charge on any atom is 0.423 e. The Bertz CT molecular complexity index is 1290. The Morgan fingerprint density at radius 1 is 0.571 bits per heavy atom. The van der Waals surface area contributed by atoms with E-state index in [1.54, 1.807) is 0 Å². The molecular weight excluding hydrogens is 677 g/mol. The van der Waals surface area contributed by atoms with Crippen LogP contribution in [0.15, 0.2) is 12.1 Å². The summed E-state index contributed by atoms with van der Waals surface area (Å²) >= 11 is 37.1. The van der Waals surface area contributed by atoms with Crippen molar-refractivity contribution in [1.82, 2.24) is 0 Å². The molecule has 2 aromatic rings. The fraction of sp³-hybridized carbons (Fsp3) is 0.429. The lowest BCUT2D eigenvalue weighted by Crippen LogP contribution is -2.27. The van der Waals surface area contributed by atoms with E-state index in [4.69, 9.17) is 88.6 Å². The molecule has 0 aliphatic heterocycles. The summed E-state index contributed by atoms with van der Waals surface area (Å²) in [6, 6.07) is 2.25. The summed E-state index contributed by atoms with van der Waals surface area (Å²) in [6.45, 7) is 0.230. The van der Waals surface area contributed by atoms with Gasteiger partial charge in [-0.25, -0.2) is 19.2 Å². The van der Waals surface area contributed by atoms with E-state index < -0.39 is 46.5 Å². The van der Waals surface area contributed by atoms with Crippen LogP contribution in [0.4, 0.5) is 0 Å². The first-order valence-corrected chi connectivity index (χ1v) is 15.4. The molecule has 0 saturated heterocycles. The third-order valence-corrected chi connectivity index (χ3v) is 9.20. The zero-order valence-electron chi connectivity index (χ0n) is 21.9. The standard InChI is InChI=1S/C28H24Cl6O8/c29-15-9-17(31)23(19(21(15)33)25(35)39-11-13-5-1-2-6-13)41-27(37)28(38)42-24-18(32)10-16(30)22(34)20(24)26(36)40-12-14-7-3-4-8-14/h9-10,13-14H,1-8,11-12H2. The molecule has 2 aliphatic rings. The monoisotopic (exact) mass is 698 g/mol. The average Bonchev–Trinajstić information content (AvgIpc) is 3.67. The molecule has 8 nitrogen and oxygen atoms in total. The van der Waals surface area contributed by atoms with Gasteiger partial charge in [0.1, 0.15) is 11.1 Å². The van der Waals surface area contributed by atoms with Crippen molar-refractivity contribution < 1.29 is 38.1 Å². The van der Waals surface area contributed by atoms with Gasteiger partial charge in [-0.05, 0) is 49.7 Å². The van der Waals surface area contributed by atoms with Crippen molar-refractivity contribution in [1.29, 1.82) is 0 Å². The van der Waals surface area contributed by atoms with Crippen LogP contribution >= 0.6 is 69.6 Å². The fourth-order valence-corrected chi connectivity index (χ4v) is 6.31. The normalized spacial score (nSPS) is 15.5. The molecule has 14 heteroatoms. The van der Waals surface area contributed by atoms with Crippen LogP contribution in [0.5, 0.6) is 11.5 Å². The van der Waals surface area contributed by atoms with Crippen LogP contribution in [0.25, 0.3) is 0 Å².